The van der Waals surface area contributed by atoms with Crippen LogP contribution < -0.4 is 21.3 Å². The Balaban J connectivity index is 6.06. The van der Waals surface area contributed by atoms with Gasteiger partial charge in [0.05, 0.1) is 12.3 Å². The molecule has 0 saturated carbocycles. The number of rotatable bonds is 15. The molecule has 0 aromatic rings. The van der Waals surface area contributed by atoms with Gasteiger partial charge in [-0.15, -0.1) is 6.42 Å². The van der Waals surface area contributed by atoms with Gasteiger partial charge in [-0.25, -0.2) is 9.59 Å². The molecule has 11 N–H and O–H groups in total. The summed E-state index contributed by atoms with van der Waals surface area (Å²) in [4.78, 5) is 35.8. The number of alkyl carbamates (subject to hydrolysis) is 1. The highest BCUT2D eigenvalue weighted by Crippen LogP contribution is 2.24. The molecular formula is C24H40N4O12. The van der Waals surface area contributed by atoms with Gasteiger partial charge in [0.1, 0.15) is 30.5 Å². The Kier molecular flexibility index (Phi) is 16.3. The second-order valence-corrected chi connectivity index (χ2v) is 9.15. The number of aliphatic hydroxyl groups excluding tert-OH is 7. The van der Waals surface area contributed by atoms with E-state index in [1.807, 2.05) is 5.32 Å². The molecule has 0 bridgehead atoms. The van der Waals surface area contributed by atoms with Crippen LogP contribution >= 0.6 is 0 Å². The first kappa shape index (κ1) is 36.4. The van der Waals surface area contributed by atoms with Gasteiger partial charge in [0, 0.05) is 38.6 Å². The van der Waals surface area contributed by atoms with Crippen LogP contribution in [0.25, 0.3) is 0 Å². The van der Waals surface area contributed by atoms with E-state index in [9.17, 15) is 45.0 Å². The van der Waals surface area contributed by atoms with Gasteiger partial charge in [-0.3, -0.25) is 4.79 Å². The number of aliphatic hydroxyl groups is 7. The molecule has 0 aliphatic rings. The molecule has 0 aliphatic heterocycles. The van der Waals surface area contributed by atoms with Crippen molar-refractivity contribution in [3.05, 3.63) is 22.8 Å². The summed E-state index contributed by atoms with van der Waals surface area (Å²) in [7, 11) is 0. The Bertz CT molecular complexity index is 954. The molecule has 0 unspecified atom stereocenters. The highest BCUT2D eigenvalue weighted by Gasteiger charge is 2.33. The van der Waals surface area contributed by atoms with Crippen LogP contribution in [-0.2, 0) is 14.3 Å². The van der Waals surface area contributed by atoms with E-state index in [1.165, 1.54) is 0 Å². The Morgan fingerprint density at radius 1 is 1.00 bits per heavy atom. The van der Waals surface area contributed by atoms with Gasteiger partial charge in [-0.05, 0) is 20.8 Å². The third kappa shape index (κ3) is 13.5. The van der Waals surface area contributed by atoms with Gasteiger partial charge in [0.2, 0.25) is 5.91 Å². The van der Waals surface area contributed by atoms with Crippen molar-refractivity contribution in [2.45, 2.75) is 64.3 Å². The summed E-state index contributed by atoms with van der Waals surface area (Å²) in [5.41, 5.74) is -2.25. The lowest BCUT2D eigenvalue weighted by Crippen LogP contribution is -2.49. The number of hydrogen-bond acceptors (Lipinski definition) is 12. The van der Waals surface area contributed by atoms with Crippen LogP contribution in [0.5, 0.6) is 0 Å². The van der Waals surface area contributed by atoms with Gasteiger partial charge < -0.3 is 66.5 Å². The van der Waals surface area contributed by atoms with Crippen LogP contribution in [0.1, 0.15) is 34.1 Å². The molecule has 0 rings (SSSR count). The summed E-state index contributed by atoms with van der Waals surface area (Å²) in [5, 5.41) is 80.2. The smallest absolute Gasteiger partial charge is 0.407 e. The number of carbonyl (C=O) groups excluding carboxylic acids is 3. The first-order valence-electron chi connectivity index (χ1n) is 12.1. The van der Waals surface area contributed by atoms with Crippen molar-refractivity contribution in [1.29, 1.82) is 0 Å². The predicted octanol–water partition coefficient (Wildman–Crippen LogP) is -2.60. The van der Waals surface area contributed by atoms with Crippen molar-refractivity contribution in [2.24, 2.45) is 0 Å². The maximum absolute atomic E-state index is 12.3. The zero-order valence-electron chi connectivity index (χ0n) is 22.8. The lowest BCUT2D eigenvalue weighted by molar-refractivity contribution is -0.118. The maximum Gasteiger partial charge on any atom is 0.407 e. The number of amides is 4. The number of terminal acetylenes is 1. The third-order valence-corrected chi connectivity index (χ3v) is 4.60. The van der Waals surface area contributed by atoms with Crippen LogP contribution in [0.3, 0.4) is 0 Å². The lowest BCUT2D eigenvalue weighted by atomic mass is 9.97. The molecule has 0 radical (unpaired) electrons. The van der Waals surface area contributed by atoms with Crippen molar-refractivity contribution in [3.63, 3.8) is 0 Å². The molecule has 228 valence electrons. The minimum absolute atomic E-state index is 0.0602. The average Bonchev–Trinajstić information content (AvgIpc) is 2.84. The minimum Gasteiger partial charge on any atom is -0.506 e. The van der Waals surface area contributed by atoms with Crippen LogP contribution in [0.15, 0.2) is 22.8 Å². The van der Waals surface area contributed by atoms with E-state index in [4.69, 9.17) is 21.0 Å². The van der Waals surface area contributed by atoms with Gasteiger partial charge in [-0.2, -0.15) is 0 Å². The monoisotopic (exact) mass is 576 g/mol. The summed E-state index contributed by atoms with van der Waals surface area (Å²) < 4.78 is 10.1. The Labute approximate surface area is 231 Å². The molecule has 0 spiro atoms. The summed E-state index contributed by atoms with van der Waals surface area (Å²) in [6.45, 7) is 3.66. The van der Waals surface area contributed by atoms with Crippen LogP contribution in [0.2, 0.25) is 0 Å². The maximum atomic E-state index is 12.3. The zero-order chi connectivity index (χ0) is 31.0. The van der Waals surface area contributed by atoms with Crippen molar-refractivity contribution in [3.8, 4) is 12.3 Å². The van der Waals surface area contributed by atoms with Crippen molar-refractivity contribution < 1.29 is 59.6 Å². The van der Waals surface area contributed by atoms with Crippen molar-refractivity contribution >= 4 is 18.0 Å². The second-order valence-electron chi connectivity index (χ2n) is 9.15. The van der Waals surface area contributed by atoms with Crippen LogP contribution in [0.4, 0.5) is 9.59 Å². The number of ether oxygens (including phenoxy) is 2. The SMILES string of the molecule is C#CCO/C(=C(\O)[C@@H](O)/C(=C(\NC(C)=O)[C@@H](O)NC(=O)NCCNC(=O)OC(C)(C)C)[C@H](O)CO)[C@@H](O)CCO. The fourth-order valence-electron chi connectivity index (χ4n) is 2.99. The predicted molar refractivity (Wildman–Crippen MR) is 139 cm³/mol. The quantitative estimate of drug-likeness (QED) is 0.0415. The molecule has 0 aromatic carbocycles. The minimum atomic E-state index is -2.33. The fraction of sp³-hybridized carbons (Fsp3) is 0.625. The summed E-state index contributed by atoms with van der Waals surface area (Å²) in [6.07, 6.45) is -4.14. The average molecular weight is 577 g/mol. The molecule has 0 saturated heterocycles. The first-order chi connectivity index (χ1) is 18.6. The molecule has 0 fully saturated rings. The molecule has 0 aliphatic carbocycles. The van der Waals surface area contributed by atoms with Crippen LogP contribution in [0, 0.1) is 12.3 Å². The Hall–Kier alpha value is -3.59. The van der Waals surface area contributed by atoms with Gasteiger partial charge in [0.25, 0.3) is 0 Å². The Morgan fingerprint density at radius 2 is 1.60 bits per heavy atom. The van der Waals surface area contributed by atoms with Crippen molar-refractivity contribution in [1.82, 2.24) is 21.3 Å². The highest BCUT2D eigenvalue weighted by molar-refractivity contribution is 5.77. The number of nitrogens with one attached hydrogen (secondary N) is 4. The number of hydrogen-bond donors (Lipinski definition) is 11. The topological polar surface area (TPSA) is 259 Å². The second kappa shape index (κ2) is 17.9. The molecular weight excluding hydrogens is 536 g/mol. The molecule has 16 heteroatoms. The molecule has 16 nitrogen and oxygen atoms in total. The van der Waals surface area contributed by atoms with Gasteiger partial charge in [-0.1, -0.05) is 5.92 Å². The summed E-state index contributed by atoms with van der Waals surface area (Å²) in [6, 6.07) is -1.02. The van der Waals surface area contributed by atoms with E-state index < -0.39 is 90.8 Å². The van der Waals surface area contributed by atoms with E-state index in [2.05, 4.69) is 21.9 Å². The normalized spacial score (nSPS) is 15.6. The molecule has 4 atom stereocenters. The molecule has 40 heavy (non-hydrogen) atoms. The number of carbonyl (C=O) groups is 3. The largest absolute Gasteiger partial charge is 0.506 e. The summed E-state index contributed by atoms with van der Waals surface area (Å²) in [5.74, 6) is -0.601. The lowest BCUT2D eigenvalue weighted by Gasteiger charge is -2.27. The third-order valence-electron chi connectivity index (χ3n) is 4.60. The van der Waals surface area contributed by atoms with Crippen molar-refractivity contribution in [2.75, 3.05) is 32.9 Å². The van der Waals surface area contributed by atoms with E-state index in [-0.39, 0.29) is 19.5 Å². The fourth-order valence-corrected chi connectivity index (χ4v) is 2.99. The van der Waals surface area contributed by atoms with E-state index >= 15 is 0 Å². The first-order valence-corrected chi connectivity index (χ1v) is 12.1. The summed E-state index contributed by atoms with van der Waals surface area (Å²) >= 11 is 0. The van der Waals surface area contributed by atoms with E-state index in [0.717, 1.165) is 6.92 Å². The number of urea groups is 1. The Morgan fingerprint density at radius 3 is 2.10 bits per heavy atom. The van der Waals surface area contributed by atoms with Gasteiger partial charge >= 0.3 is 12.1 Å². The van der Waals surface area contributed by atoms with Gasteiger partial charge in [0.15, 0.2) is 17.7 Å². The highest BCUT2D eigenvalue weighted by atomic mass is 16.6. The molecule has 4 amide bonds. The molecule has 0 heterocycles. The standard InChI is InChI=1S/C24H40N4O12/c1-6-11-39-20(14(32)7-10-29)19(35)18(34)16(15(33)12-30)17(27-13(2)31)21(36)28-22(37)25-8-9-26-23(38)40-24(3,4)5/h1,14-15,18,21,29-30,32-36H,7-12H2,2-5H3,(H,26,38)(H,27,31)(H2,25,28,37)/b17-16-,20-19-/t14-,15+,18-,21+/m0/s1. The molecule has 0 aromatic heterocycles. The van der Waals surface area contributed by atoms with E-state index in [0.29, 0.717) is 0 Å². The van der Waals surface area contributed by atoms with E-state index in [1.54, 1.807) is 20.8 Å². The zero-order valence-corrected chi connectivity index (χ0v) is 22.8. The van der Waals surface area contributed by atoms with Crippen LogP contribution in [-0.4, -0.2) is 117 Å².